The second kappa shape index (κ2) is 6.89. The molecule has 1 heterocycles. The molecule has 4 aromatic rings. The third kappa shape index (κ3) is 3.08. The van der Waals surface area contributed by atoms with Crippen LogP contribution in [0, 0.1) is 13.8 Å². The van der Waals surface area contributed by atoms with E-state index in [0.29, 0.717) is 11.7 Å². The fourth-order valence-electron chi connectivity index (χ4n) is 3.14. The Morgan fingerprint density at radius 2 is 1.65 bits per heavy atom. The van der Waals surface area contributed by atoms with E-state index < -0.39 is 10.8 Å². The van der Waals surface area contributed by atoms with Crippen molar-refractivity contribution in [1.29, 1.82) is 0 Å². The number of aryl methyl sites for hydroxylation is 2. The number of rotatable bonds is 4. The number of hydrogen-bond donors (Lipinski definition) is 0. The van der Waals surface area contributed by atoms with Crippen molar-refractivity contribution >= 4 is 21.8 Å². The summed E-state index contributed by atoms with van der Waals surface area (Å²) in [5, 5.41) is 0.596. The molecule has 0 saturated carbocycles. The molecule has 3 aromatic carbocycles. The summed E-state index contributed by atoms with van der Waals surface area (Å²) in [6, 6.07) is 23.9. The molecule has 0 spiro atoms. The van der Waals surface area contributed by atoms with Crippen LogP contribution < -0.4 is 0 Å². The second-order valence-corrected chi connectivity index (χ2v) is 7.85. The van der Waals surface area contributed by atoms with E-state index in [1.807, 2.05) is 54.6 Å². The Morgan fingerprint density at radius 3 is 2.46 bits per heavy atom. The Morgan fingerprint density at radius 1 is 0.923 bits per heavy atom. The molecule has 1 unspecified atom stereocenters. The highest BCUT2D eigenvalue weighted by molar-refractivity contribution is 7.85. The first-order valence-corrected chi connectivity index (χ1v) is 9.77. The van der Waals surface area contributed by atoms with Crippen molar-refractivity contribution in [3.05, 3.63) is 89.5 Å². The molecule has 4 heteroatoms. The fraction of sp³-hybridized carbons (Fsp3) is 0.136. The average molecular weight is 360 g/mol. The monoisotopic (exact) mass is 360 g/mol. The predicted octanol–water partition coefficient (Wildman–Crippen LogP) is 4.87. The van der Waals surface area contributed by atoms with Gasteiger partial charge >= 0.3 is 0 Å². The highest BCUT2D eigenvalue weighted by Crippen LogP contribution is 2.24. The lowest BCUT2D eigenvalue weighted by molar-refractivity contribution is 0.656. The Bertz CT molecular complexity index is 1100. The Kier molecular flexibility index (Phi) is 4.43. The van der Waals surface area contributed by atoms with Crippen LogP contribution in [0.1, 0.15) is 16.7 Å². The van der Waals surface area contributed by atoms with E-state index >= 15 is 0 Å². The van der Waals surface area contributed by atoms with Crippen molar-refractivity contribution in [2.24, 2.45) is 0 Å². The molecule has 0 N–H and O–H groups in total. The molecule has 0 fully saturated rings. The number of fused-ring (bicyclic) bond motifs is 1. The molecule has 0 aliphatic carbocycles. The highest BCUT2D eigenvalue weighted by atomic mass is 32.2. The number of para-hydroxylation sites is 2. The summed E-state index contributed by atoms with van der Waals surface area (Å²) in [6.07, 6.45) is 0. The van der Waals surface area contributed by atoms with E-state index in [-0.39, 0.29) is 0 Å². The van der Waals surface area contributed by atoms with Gasteiger partial charge in [0.2, 0.25) is 5.16 Å². The predicted molar refractivity (Wildman–Crippen MR) is 106 cm³/mol. The van der Waals surface area contributed by atoms with Crippen LogP contribution in [0.5, 0.6) is 0 Å². The van der Waals surface area contributed by atoms with Gasteiger partial charge in [0.1, 0.15) is 10.8 Å². The highest BCUT2D eigenvalue weighted by Gasteiger charge is 2.18. The van der Waals surface area contributed by atoms with Crippen molar-refractivity contribution in [3.63, 3.8) is 0 Å². The molecule has 0 bridgehead atoms. The van der Waals surface area contributed by atoms with Crippen molar-refractivity contribution in [2.75, 3.05) is 0 Å². The molecule has 0 radical (unpaired) electrons. The topological polar surface area (TPSA) is 34.9 Å². The Labute approximate surface area is 155 Å². The first-order valence-electron chi connectivity index (χ1n) is 8.62. The molecular formula is C22H20N2OS. The minimum Gasteiger partial charge on any atom is -0.312 e. The van der Waals surface area contributed by atoms with Crippen LogP contribution in [0.3, 0.4) is 0 Å². The van der Waals surface area contributed by atoms with Crippen LogP contribution in [0.4, 0.5) is 0 Å². The number of nitrogens with zero attached hydrogens (tertiary/aromatic N) is 2. The van der Waals surface area contributed by atoms with E-state index in [4.69, 9.17) is 4.98 Å². The third-order valence-electron chi connectivity index (χ3n) is 4.58. The zero-order valence-corrected chi connectivity index (χ0v) is 15.7. The normalized spacial score (nSPS) is 12.4. The molecule has 0 aliphatic rings. The minimum atomic E-state index is -1.32. The van der Waals surface area contributed by atoms with Gasteiger partial charge in [0, 0.05) is 4.90 Å². The maximum Gasteiger partial charge on any atom is 0.205 e. The Balaban J connectivity index is 1.87. The van der Waals surface area contributed by atoms with Crippen molar-refractivity contribution in [3.8, 4) is 0 Å². The van der Waals surface area contributed by atoms with Crippen LogP contribution in [-0.2, 0) is 17.3 Å². The van der Waals surface area contributed by atoms with Gasteiger partial charge in [0.15, 0.2) is 0 Å². The van der Waals surface area contributed by atoms with Crippen LogP contribution in [0.15, 0.2) is 82.8 Å². The zero-order chi connectivity index (χ0) is 18.1. The fourth-order valence-corrected chi connectivity index (χ4v) is 4.30. The quantitative estimate of drug-likeness (QED) is 0.520. The molecule has 0 amide bonds. The maximum absolute atomic E-state index is 13.2. The summed E-state index contributed by atoms with van der Waals surface area (Å²) < 4.78 is 15.3. The minimum absolute atomic E-state index is 0.596. The van der Waals surface area contributed by atoms with Gasteiger partial charge < -0.3 is 4.57 Å². The first kappa shape index (κ1) is 16.7. The summed E-state index contributed by atoms with van der Waals surface area (Å²) >= 11 is 0. The molecule has 0 aliphatic heterocycles. The van der Waals surface area contributed by atoms with Gasteiger partial charge in [0.25, 0.3) is 0 Å². The van der Waals surface area contributed by atoms with Gasteiger partial charge in [-0.05, 0) is 49.2 Å². The van der Waals surface area contributed by atoms with E-state index in [1.54, 1.807) is 0 Å². The number of hydrogen-bond acceptors (Lipinski definition) is 2. The van der Waals surface area contributed by atoms with Crippen LogP contribution in [0.25, 0.3) is 11.0 Å². The average Bonchev–Trinajstić information content (AvgIpc) is 3.03. The largest absolute Gasteiger partial charge is 0.312 e. The summed E-state index contributed by atoms with van der Waals surface area (Å²) in [6.45, 7) is 4.86. The molecule has 1 aromatic heterocycles. The smallest absolute Gasteiger partial charge is 0.205 e. The molecule has 4 rings (SSSR count). The lowest BCUT2D eigenvalue weighted by Crippen LogP contribution is -2.08. The summed E-state index contributed by atoms with van der Waals surface area (Å²) in [5.74, 6) is 0. The van der Waals surface area contributed by atoms with Crippen molar-refractivity contribution in [2.45, 2.75) is 30.4 Å². The molecule has 1 atom stereocenters. The standard InChI is InChI=1S/C22H20N2OS/c1-16-12-13-17(2)18(14-16)15-24-21-11-7-6-10-20(21)23-22(24)26(25)19-8-4-3-5-9-19/h3-14H,15H2,1-2H3. The van der Waals surface area contributed by atoms with Gasteiger partial charge in [-0.3, -0.25) is 0 Å². The Hall–Kier alpha value is -2.72. The van der Waals surface area contributed by atoms with Crippen LogP contribution in [0.2, 0.25) is 0 Å². The number of aromatic nitrogens is 2. The number of benzene rings is 3. The molecule has 0 saturated heterocycles. The third-order valence-corrected chi connectivity index (χ3v) is 5.92. The maximum atomic E-state index is 13.2. The second-order valence-electron chi connectivity index (χ2n) is 6.48. The van der Waals surface area contributed by atoms with E-state index in [0.717, 1.165) is 15.9 Å². The lowest BCUT2D eigenvalue weighted by atomic mass is 10.1. The molecule has 130 valence electrons. The van der Waals surface area contributed by atoms with Gasteiger partial charge in [-0.25, -0.2) is 9.19 Å². The van der Waals surface area contributed by atoms with Crippen LogP contribution in [-0.4, -0.2) is 13.8 Å². The number of imidazole rings is 1. The van der Waals surface area contributed by atoms with E-state index in [1.165, 1.54) is 16.7 Å². The summed E-state index contributed by atoms with van der Waals surface area (Å²) in [5.41, 5.74) is 5.55. The molecule has 3 nitrogen and oxygen atoms in total. The molecule has 26 heavy (non-hydrogen) atoms. The van der Waals surface area contributed by atoms with Crippen molar-refractivity contribution < 1.29 is 4.21 Å². The van der Waals surface area contributed by atoms with Gasteiger partial charge in [-0.15, -0.1) is 0 Å². The molecular weight excluding hydrogens is 340 g/mol. The zero-order valence-electron chi connectivity index (χ0n) is 14.8. The lowest BCUT2D eigenvalue weighted by Gasteiger charge is -2.12. The summed E-state index contributed by atoms with van der Waals surface area (Å²) in [4.78, 5) is 5.47. The van der Waals surface area contributed by atoms with Crippen LogP contribution >= 0.6 is 0 Å². The van der Waals surface area contributed by atoms with Gasteiger partial charge in [0.05, 0.1) is 17.6 Å². The SMILES string of the molecule is Cc1ccc(C)c(Cn2c(S(=O)c3ccccc3)nc3ccccc32)c1. The van der Waals surface area contributed by atoms with Gasteiger partial charge in [-0.1, -0.05) is 54.1 Å². The van der Waals surface area contributed by atoms with E-state index in [2.05, 4.69) is 36.6 Å². The first-order chi connectivity index (χ1) is 12.6. The van der Waals surface area contributed by atoms with E-state index in [9.17, 15) is 4.21 Å². The van der Waals surface area contributed by atoms with Crippen molar-refractivity contribution in [1.82, 2.24) is 9.55 Å². The van der Waals surface area contributed by atoms with Gasteiger partial charge in [-0.2, -0.15) is 0 Å². The summed E-state index contributed by atoms with van der Waals surface area (Å²) in [7, 11) is -1.32.